The predicted molar refractivity (Wildman–Crippen MR) is 76.2 cm³/mol. The molecule has 0 radical (unpaired) electrons. The van der Waals surface area contributed by atoms with E-state index in [1.165, 1.54) is 19.3 Å². The lowest BCUT2D eigenvalue weighted by Gasteiger charge is -2.41. The Bertz CT molecular complexity index is 341. The van der Waals surface area contributed by atoms with Crippen LogP contribution in [0, 0.1) is 5.41 Å². The molecule has 1 heterocycles. The molecular formula is C15H28N2O2. The molecule has 1 amide bonds. The van der Waals surface area contributed by atoms with E-state index in [-0.39, 0.29) is 6.09 Å². The summed E-state index contributed by atoms with van der Waals surface area (Å²) in [4.78, 5) is 13.6. The summed E-state index contributed by atoms with van der Waals surface area (Å²) in [5, 5.41) is 3.67. The molecule has 19 heavy (non-hydrogen) atoms. The smallest absolute Gasteiger partial charge is 0.410 e. The predicted octanol–water partition coefficient (Wildman–Crippen LogP) is 2.77. The Kier molecular flexibility index (Phi) is 3.83. The first-order valence-electron chi connectivity index (χ1n) is 7.39. The Balaban J connectivity index is 1.68. The van der Waals surface area contributed by atoms with E-state index in [1.54, 1.807) is 4.90 Å². The van der Waals surface area contributed by atoms with Gasteiger partial charge in [0.15, 0.2) is 0 Å². The van der Waals surface area contributed by atoms with E-state index in [0.717, 1.165) is 13.1 Å². The van der Waals surface area contributed by atoms with Crippen molar-refractivity contribution in [1.82, 2.24) is 10.2 Å². The van der Waals surface area contributed by atoms with Crippen molar-refractivity contribution in [3.8, 4) is 0 Å². The second kappa shape index (κ2) is 4.97. The first-order chi connectivity index (χ1) is 8.65. The zero-order valence-electron chi connectivity index (χ0n) is 13.0. The highest BCUT2D eigenvalue weighted by Crippen LogP contribution is 2.37. The SMILES string of the molecule is CC1(C)CCC(NC2CN(C(=O)OC(C)(C)C)C2)C1. The molecule has 1 atom stereocenters. The van der Waals surface area contributed by atoms with Gasteiger partial charge in [-0.15, -0.1) is 0 Å². The Morgan fingerprint density at radius 1 is 1.26 bits per heavy atom. The van der Waals surface area contributed by atoms with E-state index in [0.29, 0.717) is 17.5 Å². The molecule has 2 rings (SSSR count). The maximum atomic E-state index is 11.8. The minimum atomic E-state index is -0.398. The lowest BCUT2D eigenvalue weighted by molar-refractivity contribution is 0.00410. The van der Waals surface area contributed by atoms with Crippen LogP contribution in [0.25, 0.3) is 0 Å². The molecule has 0 bridgehead atoms. The summed E-state index contributed by atoms with van der Waals surface area (Å²) in [6.45, 7) is 12.0. The van der Waals surface area contributed by atoms with Crippen LogP contribution in [-0.4, -0.2) is 41.8 Å². The van der Waals surface area contributed by atoms with Gasteiger partial charge in [-0.05, 0) is 45.4 Å². The van der Waals surface area contributed by atoms with Crippen molar-refractivity contribution >= 4 is 6.09 Å². The van der Waals surface area contributed by atoms with Crippen LogP contribution in [0.1, 0.15) is 53.9 Å². The summed E-state index contributed by atoms with van der Waals surface area (Å²) in [7, 11) is 0. The van der Waals surface area contributed by atoms with Crippen molar-refractivity contribution in [2.24, 2.45) is 5.41 Å². The number of amides is 1. The van der Waals surface area contributed by atoms with Gasteiger partial charge in [-0.2, -0.15) is 0 Å². The molecule has 4 nitrogen and oxygen atoms in total. The molecule has 110 valence electrons. The van der Waals surface area contributed by atoms with Gasteiger partial charge in [0.1, 0.15) is 5.60 Å². The van der Waals surface area contributed by atoms with E-state index >= 15 is 0 Å². The number of ether oxygens (including phenoxy) is 1. The maximum absolute atomic E-state index is 11.8. The molecule has 1 saturated heterocycles. The van der Waals surface area contributed by atoms with Gasteiger partial charge < -0.3 is 15.0 Å². The van der Waals surface area contributed by atoms with E-state index < -0.39 is 5.60 Å². The monoisotopic (exact) mass is 268 g/mol. The summed E-state index contributed by atoms with van der Waals surface area (Å²) in [5.41, 5.74) is 0.0807. The van der Waals surface area contributed by atoms with Crippen molar-refractivity contribution in [2.45, 2.75) is 71.6 Å². The van der Waals surface area contributed by atoms with Gasteiger partial charge in [-0.25, -0.2) is 4.79 Å². The van der Waals surface area contributed by atoms with E-state index in [1.807, 2.05) is 20.8 Å². The molecule has 0 aromatic heterocycles. The lowest BCUT2D eigenvalue weighted by atomic mass is 9.91. The van der Waals surface area contributed by atoms with Crippen LogP contribution >= 0.6 is 0 Å². The van der Waals surface area contributed by atoms with Gasteiger partial charge in [0.25, 0.3) is 0 Å². The van der Waals surface area contributed by atoms with Gasteiger partial charge in [0.05, 0.1) is 0 Å². The molecule has 1 aliphatic carbocycles. The van der Waals surface area contributed by atoms with Crippen LogP contribution in [0.5, 0.6) is 0 Å². The number of likely N-dealkylation sites (tertiary alicyclic amines) is 1. The van der Waals surface area contributed by atoms with Gasteiger partial charge in [0, 0.05) is 25.2 Å². The van der Waals surface area contributed by atoms with Gasteiger partial charge >= 0.3 is 6.09 Å². The normalized spacial score (nSPS) is 27.2. The maximum Gasteiger partial charge on any atom is 0.410 e. The average Bonchev–Trinajstić information content (AvgIpc) is 2.48. The molecule has 4 heteroatoms. The third kappa shape index (κ3) is 4.10. The van der Waals surface area contributed by atoms with Gasteiger partial charge in [0.2, 0.25) is 0 Å². The van der Waals surface area contributed by atoms with Crippen LogP contribution in [0.3, 0.4) is 0 Å². The van der Waals surface area contributed by atoms with Crippen LogP contribution in [-0.2, 0) is 4.74 Å². The van der Waals surface area contributed by atoms with Gasteiger partial charge in [-0.1, -0.05) is 13.8 Å². The molecular weight excluding hydrogens is 240 g/mol. The fourth-order valence-electron chi connectivity index (χ4n) is 2.97. The third-order valence-electron chi connectivity index (χ3n) is 3.97. The number of carbonyl (C=O) groups excluding carboxylic acids is 1. The largest absolute Gasteiger partial charge is 0.444 e. The second-order valence-electron chi connectivity index (χ2n) is 7.85. The number of nitrogens with zero attached hydrogens (tertiary/aromatic N) is 1. The zero-order chi connectivity index (χ0) is 14.3. The van der Waals surface area contributed by atoms with Gasteiger partial charge in [-0.3, -0.25) is 0 Å². The lowest BCUT2D eigenvalue weighted by Crippen LogP contribution is -2.62. The molecule has 2 aliphatic rings. The zero-order valence-corrected chi connectivity index (χ0v) is 13.0. The molecule has 1 unspecified atom stereocenters. The topological polar surface area (TPSA) is 41.6 Å². The van der Waals surface area contributed by atoms with E-state index in [4.69, 9.17) is 4.74 Å². The molecule has 0 spiro atoms. The van der Waals surface area contributed by atoms with Crippen molar-refractivity contribution in [3.05, 3.63) is 0 Å². The fraction of sp³-hybridized carbons (Fsp3) is 0.933. The molecule has 1 aliphatic heterocycles. The minimum absolute atomic E-state index is 0.183. The molecule has 0 aromatic carbocycles. The molecule has 1 saturated carbocycles. The van der Waals surface area contributed by atoms with Crippen molar-refractivity contribution in [1.29, 1.82) is 0 Å². The Labute approximate surface area is 116 Å². The number of hydrogen-bond donors (Lipinski definition) is 1. The number of nitrogens with one attached hydrogen (secondary N) is 1. The average molecular weight is 268 g/mol. The van der Waals surface area contributed by atoms with Crippen LogP contribution in [0.15, 0.2) is 0 Å². The summed E-state index contributed by atoms with van der Waals surface area (Å²) in [6.07, 6.45) is 3.62. The van der Waals surface area contributed by atoms with Crippen LogP contribution < -0.4 is 5.32 Å². The van der Waals surface area contributed by atoms with E-state index in [2.05, 4.69) is 19.2 Å². The first kappa shape index (κ1) is 14.6. The number of hydrogen-bond acceptors (Lipinski definition) is 3. The second-order valence-corrected chi connectivity index (χ2v) is 7.85. The minimum Gasteiger partial charge on any atom is -0.444 e. The first-order valence-corrected chi connectivity index (χ1v) is 7.39. The van der Waals surface area contributed by atoms with Crippen LogP contribution in [0.2, 0.25) is 0 Å². The summed E-state index contributed by atoms with van der Waals surface area (Å²) in [6, 6.07) is 1.08. The van der Waals surface area contributed by atoms with Crippen molar-refractivity contribution in [3.63, 3.8) is 0 Å². The van der Waals surface area contributed by atoms with Crippen LogP contribution in [0.4, 0.5) is 4.79 Å². The number of carbonyl (C=O) groups is 1. The Hall–Kier alpha value is -0.770. The Morgan fingerprint density at radius 3 is 2.37 bits per heavy atom. The highest BCUT2D eigenvalue weighted by atomic mass is 16.6. The number of rotatable bonds is 2. The Morgan fingerprint density at radius 2 is 1.89 bits per heavy atom. The van der Waals surface area contributed by atoms with Crippen molar-refractivity contribution in [2.75, 3.05) is 13.1 Å². The van der Waals surface area contributed by atoms with Crippen molar-refractivity contribution < 1.29 is 9.53 Å². The summed E-state index contributed by atoms with van der Waals surface area (Å²) in [5.74, 6) is 0. The quantitative estimate of drug-likeness (QED) is 0.837. The highest BCUT2D eigenvalue weighted by molar-refractivity contribution is 5.69. The summed E-state index contributed by atoms with van der Waals surface area (Å²) >= 11 is 0. The third-order valence-corrected chi connectivity index (χ3v) is 3.97. The molecule has 2 fully saturated rings. The fourth-order valence-corrected chi connectivity index (χ4v) is 2.97. The summed E-state index contributed by atoms with van der Waals surface area (Å²) < 4.78 is 5.35. The standard InChI is InChI=1S/C15H28N2O2/c1-14(2,3)19-13(18)17-9-12(10-17)16-11-6-7-15(4,5)8-11/h11-12,16H,6-10H2,1-5H3. The molecule has 1 N–H and O–H groups in total. The van der Waals surface area contributed by atoms with E-state index in [9.17, 15) is 4.79 Å². The highest BCUT2D eigenvalue weighted by Gasteiger charge is 2.37. The molecule has 0 aromatic rings.